The SMILES string of the molecule is CCCCC(CC)C(=O)O.O=C(O)OO. The van der Waals surface area contributed by atoms with Crippen LogP contribution in [0.1, 0.15) is 39.5 Å². The second-order valence-electron chi connectivity index (χ2n) is 2.94. The van der Waals surface area contributed by atoms with Crippen molar-refractivity contribution in [1.29, 1.82) is 0 Å². The van der Waals surface area contributed by atoms with Crippen LogP contribution in [-0.2, 0) is 9.68 Å². The molecule has 0 radical (unpaired) electrons. The largest absolute Gasteiger partial charge is 0.537 e. The number of hydrogen-bond acceptors (Lipinski definition) is 4. The molecule has 1 atom stereocenters. The minimum Gasteiger partial charge on any atom is -0.481 e. The van der Waals surface area contributed by atoms with E-state index in [0.717, 1.165) is 25.7 Å². The monoisotopic (exact) mass is 222 g/mol. The third-order valence-electron chi connectivity index (χ3n) is 1.83. The molecule has 6 nitrogen and oxygen atoms in total. The summed E-state index contributed by atoms with van der Waals surface area (Å²) in [6, 6.07) is 0. The predicted molar refractivity (Wildman–Crippen MR) is 52.7 cm³/mol. The number of carboxylic acids is 1. The van der Waals surface area contributed by atoms with Gasteiger partial charge in [-0.2, -0.15) is 5.26 Å². The summed E-state index contributed by atoms with van der Waals surface area (Å²) in [6.45, 7) is 4.00. The first-order valence-electron chi connectivity index (χ1n) is 4.76. The first-order valence-corrected chi connectivity index (χ1v) is 4.76. The van der Waals surface area contributed by atoms with Crippen LogP contribution in [0.2, 0.25) is 0 Å². The fourth-order valence-electron chi connectivity index (χ4n) is 0.953. The maximum atomic E-state index is 10.4. The average Bonchev–Trinajstić information content (AvgIpc) is 2.19. The number of unbranched alkanes of at least 4 members (excludes halogenated alkanes) is 1. The van der Waals surface area contributed by atoms with E-state index in [1.54, 1.807) is 0 Å². The zero-order valence-corrected chi connectivity index (χ0v) is 8.97. The Bertz CT molecular complexity index is 179. The summed E-state index contributed by atoms with van der Waals surface area (Å²) < 4.78 is 0. The van der Waals surface area contributed by atoms with Gasteiger partial charge in [-0.15, -0.1) is 0 Å². The molecule has 0 heterocycles. The van der Waals surface area contributed by atoms with Gasteiger partial charge in [0, 0.05) is 0 Å². The van der Waals surface area contributed by atoms with E-state index in [2.05, 4.69) is 11.8 Å². The highest BCUT2D eigenvalue weighted by Crippen LogP contribution is 2.11. The number of hydrogen-bond donors (Lipinski definition) is 3. The van der Waals surface area contributed by atoms with E-state index in [4.69, 9.17) is 20.3 Å². The van der Waals surface area contributed by atoms with E-state index in [1.165, 1.54) is 0 Å². The van der Waals surface area contributed by atoms with E-state index >= 15 is 0 Å². The predicted octanol–water partition coefficient (Wildman–Crippen LogP) is 2.44. The van der Waals surface area contributed by atoms with Crippen LogP contribution in [0.15, 0.2) is 0 Å². The first kappa shape index (κ1) is 16.1. The van der Waals surface area contributed by atoms with E-state index in [-0.39, 0.29) is 5.92 Å². The molecule has 0 bridgehead atoms. The van der Waals surface area contributed by atoms with Crippen molar-refractivity contribution in [3.8, 4) is 0 Å². The zero-order valence-electron chi connectivity index (χ0n) is 8.97. The Morgan fingerprint density at radius 2 is 1.73 bits per heavy atom. The Hall–Kier alpha value is -1.30. The van der Waals surface area contributed by atoms with Gasteiger partial charge in [-0.3, -0.25) is 9.68 Å². The second kappa shape index (κ2) is 10.8. The molecule has 0 aliphatic heterocycles. The van der Waals surface area contributed by atoms with Crippen LogP contribution in [0, 0.1) is 5.92 Å². The highest BCUT2D eigenvalue weighted by molar-refractivity contribution is 5.69. The lowest BCUT2D eigenvalue weighted by atomic mass is 10.00. The van der Waals surface area contributed by atoms with Gasteiger partial charge in [0.2, 0.25) is 0 Å². The molecule has 90 valence electrons. The molecule has 0 aliphatic carbocycles. The summed E-state index contributed by atoms with van der Waals surface area (Å²) >= 11 is 0. The Balaban J connectivity index is 0. The normalized spacial score (nSPS) is 10.9. The first-order chi connectivity index (χ1) is 6.99. The van der Waals surface area contributed by atoms with Crippen molar-refractivity contribution in [3.05, 3.63) is 0 Å². The molecule has 6 heteroatoms. The Morgan fingerprint density at radius 3 is 1.93 bits per heavy atom. The van der Waals surface area contributed by atoms with Gasteiger partial charge in [-0.25, -0.2) is 4.79 Å². The van der Waals surface area contributed by atoms with Crippen LogP contribution in [0.25, 0.3) is 0 Å². The van der Waals surface area contributed by atoms with Crippen molar-refractivity contribution >= 4 is 12.1 Å². The van der Waals surface area contributed by atoms with Gasteiger partial charge in [0.1, 0.15) is 0 Å². The molecule has 1 unspecified atom stereocenters. The third kappa shape index (κ3) is 12.7. The van der Waals surface area contributed by atoms with Crippen LogP contribution in [0.5, 0.6) is 0 Å². The van der Waals surface area contributed by atoms with Gasteiger partial charge in [-0.05, 0) is 12.8 Å². The smallest absolute Gasteiger partial charge is 0.481 e. The Morgan fingerprint density at radius 1 is 1.27 bits per heavy atom. The van der Waals surface area contributed by atoms with Crippen LogP contribution >= 0.6 is 0 Å². The summed E-state index contributed by atoms with van der Waals surface area (Å²) in [6.07, 6.45) is 2.02. The molecule has 0 aliphatic rings. The Kier molecular flexibility index (Phi) is 11.6. The molecular formula is C9H18O6. The van der Waals surface area contributed by atoms with Crippen LogP contribution in [0.4, 0.5) is 4.79 Å². The fourth-order valence-corrected chi connectivity index (χ4v) is 0.953. The molecule has 0 spiro atoms. The molecule has 0 saturated carbocycles. The fraction of sp³-hybridized carbons (Fsp3) is 0.778. The Labute approximate surface area is 88.4 Å². The lowest BCUT2D eigenvalue weighted by Gasteiger charge is -2.06. The maximum Gasteiger partial charge on any atom is 0.537 e. The van der Waals surface area contributed by atoms with E-state index in [1.807, 2.05) is 6.92 Å². The lowest BCUT2D eigenvalue weighted by Crippen LogP contribution is -2.11. The number of aliphatic carboxylic acids is 1. The zero-order chi connectivity index (χ0) is 12.3. The average molecular weight is 222 g/mol. The van der Waals surface area contributed by atoms with Gasteiger partial charge < -0.3 is 10.2 Å². The minimum absolute atomic E-state index is 0.111. The molecule has 15 heavy (non-hydrogen) atoms. The molecular weight excluding hydrogens is 204 g/mol. The van der Waals surface area contributed by atoms with Crippen LogP contribution < -0.4 is 0 Å². The van der Waals surface area contributed by atoms with E-state index < -0.39 is 12.1 Å². The van der Waals surface area contributed by atoms with Gasteiger partial charge in [0.05, 0.1) is 5.92 Å². The van der Waals surface area contributed by atoms with Gasteiger partial charge >= 0.3 is 12.1 Å². The molecule has 0 rings (SSSR count). The summed E-state index contributed by atoms with van der Waals surface area (Å²) in [4.78, 5) is 22.0. The summed E-state index contributed by atoms with van der Waals surface area (Å²) in [5.41, 5.74) is 0. The minimum atomic E-state index is -1.69. The van der Waals surface area contributed by atoms with Gasteiger partial charge in [0.25, 0.3) is 0 Å². The molecule has 0 aromatic heterocycles. The van der Waals surface area contributed by atoms with Gasteiger partial charge in [-0.1, -0.05) is 26.7 Å². The topological polar surface area (TPSA) is 104 Å². The standard InChI is InChI=1S/C8H16O2.CH2O4/c1-3-5-6-7(4-2)8(9)10;2-1(3)5-4/h7H,3-6H2,1-2H3,(H,9,10);4H,(H,2,3). The maximum absolute atomic E-state index is 10.4. The van der Waals surface area contributed by atoms with Crippen molar-refractivity contribution in [1.82, 2.24) is 0 Å². The quantitative estimate of drug-likeness (QED) is 0.487. The summed E-state index contributed by atoms with van der Waals surface area (Å²) in [7, 11) is 0. The molecule has 3 N–H and O–H groups in total. The van der Waals surface area contributed by atoms with E-state index in [9.17, 15) is 4.79 Å². The lowest BCUT2D eigenvalue weighted by molar-refractivity contribution is -0.194. The van der Waals surface area contributed by atoms with Crippen molar-refractivity contribution in [2.75, 3.05) is 0 Å². The third-order valence-corrected chi connectivity index (χ3v) is 1.83. The highest BCUT2D eigenvalue weighted by atomic mass is 17.1. The van der Waals surface area contributed by atoms with Crippen LogP contribution in [-0.4, -0.2) is 27.6 Å². The number of carboxylic acid groups (broad SMARTS) is 2. The molecule has 0 amide bonds. The van der Waals surface area contributed by atoms with Crippen molar-refractivity contribution in [2.45, 2.75) is 39.5 Å². The molecule has 0 aromatic carbocycles. The molecule has 0 aromatic rings. The van der Waals surface area contributed by atoms with Crippen molar-refractivity contribution in [2.24, 2.45) is 5.92 Å². The van der Waals surface area contributed by atoms with Crippen LogP contribution in [0.3, 0.4) is 0 Å². The highest BCUT2D eigenvalue weighted by Gasteiger charge is 2.12. The second-order valence-corrected chi connectivity index (χ2v) is 2.94. The van der Waals surface area contributed by atoms with Crippen molar-refractivity contribution < 1.29 is 29.9 Å². The van der Waals surface area contributed by atoms with Gasteiger partial charge in [0.15, 0.2) is 0 Å². The van der Waals surface area contributed by atoms with Crippen molar-refractivity contribution in [3.63, 3.8) is 0 Å². The number of rotatable bonds is 5. The number of carbonyl (C=O) groups is 2. The molecule has 0 fully saturated rings. The summed E-state index contributed by atoms with van der Waals surface area (Å²) in [5.74, 6) is -0.754. The molecule has 0 saturated heterocycles. The van der Waals surface area contributed by atoms with E-state index in [0.29, 0.717) is 0 Å². The summed E-state index contributed by atoms with van der Waals surface area (Å²) in [5, 5.41) is 22.9.